The summed E-state index contributed by atoms with van der Waals surface area (Å²) in [5, 5.41) is 0.162. The lowest BCUT2D eigenvalue weighted by Crippen LogP contribution is -2.24. The molecule has 0 aliphatic rings. The largest absolute Gasteiger partial charge is 0.243 e. The summed E-state index contributed by atoms with van der Waals surface area (Å²) in [4.78, 5) is -0.461. The average molecular weight is 250 g/mol. The Balaban J connectivity index is 3.14. The lowest BCUT2D eigenvalue weighted by atomic mass is 10.3. The van der Waals surface area contributed by atoms with Gasteiger partial charge >= 0.3 is 0 Å². The maximum absolute atomic E-state index is 13.2. The molecule has 82 valence electrons. The Hall–Kier alpha value is -0.910. The minimum atomic E-state index is -3.86. The Kier molecular flexibility index (Phi) is 3.84. The van der Waals surface area contributed by atoms with Crippen molar-refractivity contribution in [3.05, 3.63) is 41.7 Å². The zero-order chi connectivity index (χ0) is 11.5. The lowest BCUT2D eigenvalue weighted by Gasteiger charge is -2.05. The molecule has 1 N–H and O–H groups in total. The van der Waals surface area contributed by atoms with Gasteiger partial charge in [-0.15, -0.1) is 6.58 Å². The predicted octanol–water partition coefficient (Wildman–Crippen LogP) is 1.94. The van der Waals surface area contributed by atoms with E-state index in [0.717, 1.165) is 12.1 Å². The fourth-order valence-electron chi connectivity index (χ4n) is 0.930. The van der Waals surface area contributed by atoms with Gasteiger partial charge < -0.3 is 0 Å². The van der Waals surface area contributed by atoms with Crippen molar-refractivity contribution in [3.63, 3.8) is 0 Å². The molecule has 0 unspecified atom stereocenters. The van der Waals surface area contributed by atoms with Crippen LogP contribution in [-0.2, 0) is 10.0 Å². The van der Waals surface area contributed by atoms with Crippen molar-refractivity contribution < 1.29 is 12.8 Å². The summed E-state index contributed by atoms with van der Waals surface area (Å²) in [6, 6.07) is 3.34. The predicted molar refractivity (Wildman–Crippen MR) is 56.8 cm³/mol. The smallest absolute Gasteiger partial charge is 0.207 e. The first-order chi connectivity index (χ1) is 6.97. The highest BCUT2D eigenvalue weighted by molar-refractivity contribution is 7.89. The topological polar surface area (TPSA) is 46.2 Å². The van der Waals surface area contributed by atoms with Gasteiger partial charge in [-0.3, -0.25) is 0 Å². The zero-order valence-electron chi connectivity index (χ0n) is 7.70. The quantitative estimate of drug-likeness (QED) is 0.829. The third kappa shape index (κ3) is 3.02. The summed E-state index contributed by atoms with van der Waals surface area (Å²) >= 11 is 5.58. The second-order valence-electron chi connectivity index (χ2n) is 2.72. The molecule has 15 heavy (non-hydrogen) atoms. The van der Waals surface area contributed by atoms with E-state index >= 15 is 0 Å². The van der Waals surface area contributed by atoms with Gasteiger partial charge in [-0.2, -0.15) is 0 Å². The molecular weight excluding hydrogens is 241 g/mol. The van der Waals surface area contributed by atoms with Crippen molar-refractivity contribution >= 4 is 21.6 Å². The number of sulfonamides is 1. The van der Waals surface area contributed by atoms with E-state index in [4.69, 9.17) is 11.6 Å². The SMILES string of the molecule is C=CCNS(=O)(=O)c1cc(Cl)ccc1F. The van der Waals surface area contributed by atoms with E-state index in [2.05, 4.69) is 11.3 Å². The van der Waals surface area contributed by atoms with Crippen molar-refractivity contribution in [2.45, 2.75) is 4.90 Å². The van der Waals surface area contributed by atoms with E-state index in [9.17, 15) is 12.8 Å². The van der Waals surface area contributed by atoms with E-state index in [0.29, 0.717) is 0 Å². The Morgan fingerprint density at radius 3 is 2.80 bits per heavy atom. The van der Waals surface area contributed by atoms with E-state index in [-0.39, 0.29) is 11.6 Å². The van der Waals surface area contributed by atoms with Gasteiger partial charge in [0, 0.05) is 11.6 Å². The van der Waals surface area contributed by atoms with Crippen LogP contribution < -0.4 is 4.72 Å². The maximum atomic E-state index is 13.2. The van der Waals surface area contributed by atoms with E-state index < -0.39 is 20.7 Å². The molecule has 0 amide bonds. The van der Waals surface area contributed by atoms with Gasteiger partial charge in [-0.25, -0.2) is 17.5 Å². The van der Waals surface area contributed by atoms with Crippen LogP contribution in [0.3, 0.4) is 0 Å². The molecule has 6 heteroatoms. The summed E-state index contributed by atoms with van der Waals surface area (Å²) < 4.78 is 38.4. The van der Waals surface area contributed by atoms with Crippen LogP contribution in [0.25, 0.3) is 0 Å². The molecule has 3 nitrogen and oxygen atoms in total. The van der Waals surface area contributed by atoms with Gasteiger partial charge in [0.25, 0.3) is 0 Å². The van der Waals surface area contributed by atoms with E-state index in [1.807, 2.05) is 0 Å². The van der Waals surface area contributed by atoms with Crippen LogP contribution in [0.2, 0.25) is 5.02 Å². The Labute approximate surface area is 92.6 Å². The summed E-state index contributed by atoms with van der Waals surface area (Å²) in [6.45, 7) is 3.39. The normalized spacial score (nSPS) is 11.3. The third-order valence-corrected chi connectivity index (χ3v) is 3.27. The standard InChI is InChI=1S/C9H9ClFNO2S/c1-2-5-12-15(13,14)9-6-7(10)3-4-8(9)11/h2-4,6,12H,1,5H2. The molecule has 1 aromatic rings. The van der Waals surface area contributed by atoms with Gasteiger partial charge in [0.05, 0.1) is 0 Å². The molecule has 0 heterocycles. The second-order valence-corrected chi connectivity index (χ2v) is 4.89. The molecule has 0 radical (unpaired) electrons. The number of hydrogen-bond acceptors (Lipinski definition) is 2. The van der Waals surface area contributed by atoms with Gasteiger partial charge in [-0.1, -0.05) is 17.7 Å². The summed E-state index contributed by atoms with van der Waals surface area (Å²) in [6.07, 6.45) is 1.36. The van der Waals surface area contributed by atoms with Crippen molar-refractivity contribution in [1.29, 1.82) is 0 Å². The number of hydrogen-bond donors (Lipinski definition) is 1. The van der Waals surface area contributed by atoms with Crippen LogP contribution in [0.1, 0.15) is 0 Å². The minimum Gasteiger partial charge on any atom is -0.207 e. The molecule has 0 aromatic heterocycles. The maximum Gasteiger partial charge on any atom is 0.243 e. The fourth-order valence-corrected chi connectivity index (χ4v) is 2.27. The first-order valence-electron chi connectivity index (χ1n) is 4.03. The van der Waals surface area contributed by atoms with Gasteiger partial charge in [0.15, 0.2) is 0 Å². The molecule has 1 rings (SSSR count). The number of rotatable bonds is 4. The van der Waals surface area contributed by atoms with Crippen LogP contribution in [0.15, 0.2) is 35.7 Å². The molecule has 0 aliphatic carbocycles. The summed E-state index contributed by atoms with van der Waals surface area (Å²) in [5.41, 5.74) is 0. The van der Waals surface area contributed by atoms with E-state index in [1.54, 1.807) is 0 Å². The zero-order valence-corrected chi connectivity index (χ0v) is 9.28. The minimum absolute atomic E-state index is 0.0360. The Bertz CT molecular complexity index is 473. The third-order valence-electron chi connectivity index (χ3n) is 1.60. The van der Waals surface area contributed by atoms with E-state index in [1.165, 1.54) is 12.1 Å². The van der Waals surface area contributed by atoms with Crippen molar-refractivity contribution in [2.24, 2.45) is 0 Å². The monoisotopic (exact) mass is 249 g/mol. The highest BCUT2D eigenvalue weighted by atomic mass is 35.5. The van der Waals surface area contributed by atoms with Crippen LogP contribution >= 0.6 is 11.6 Å². The molecule has 1 aromatic carbocycles. The Morgan fingerprint density at radius 1 is 1.53 bits per heavy atom. The molecule has 0 saturated heterocycles. The van der Waals surface area contributed by atoms with Crippen molar-refractivity contribution in [2.75, 3.05) is 6.54 Å². The molecule has 0 fully saturated rings. The molecule has 0 saturated carbocycles. The lowest BCUT2D eigenvalue weighted by molar-refractivity contribution is 0.560. The van der Waals surface area contributed by atoms with Crippen LogP contribution in [0.5, 0.6) is 0 Å². The highest BCUT2D eigenvalue weighted by Crippen LogP contribution is 2.19. The van der Waals surface area contributed by atoms with Crippen LogP contribution in [-0.4, -0.2) is 15.0 Å². The van der Waals surface area contributed by atoms with Gasteiger partial charge in [0.1, 0.15) is 10.7 Å². The molecule has 0 spiro atoms. The molecular formula is C9H9ClFNO2S. The number of halogens is 2. The van der Waals surface area contributed by atoms with Crippen molar-refractivity contribution in [3.8, 4) is 0 Å². The number of nitrogens with one attached hydrogen (secondary N) is 1. The van der Waals surface area contributed by atoms with Crippen LogP contribution in [0.4, 0.5) is 4.39 Å². The fraction of sp³-hybridized carbons (Fsp3) is 0.111. The van der Waals surface area contributed by atoms with Gasteiger partial charge in [-0.05, 0) is 18.2 Å². The highest BCUT2D eigenvalue weighted by Gasteiger charge is 2.18. The average Bonchev–Trinajstić information content (AvgIpc) is 2.18. The molecule has 0 bridgehead atoms. The molecule has 0 aliphatic heterocycles. The summed E-state index contributed by atoms with van der Waals surface area (Å²) in [5.74, 6) is -0.837. The first kappa shape index (κ1) is 12.2. The second kappa shape index (κ2) is 4.74. The van der Waals surface area contributed by atoms with Crippen molar-refractivity contribution in [1.82, 2.24) is 4.72 Å². The summed E-state index contributed by atoms with van der Waals surface area (Å²) in [7, 11) is -3.86. The van der Waals surface area contributed by atoms with Crippen LogP contribution in [0, 0.1) is 5.82 Å². The number of benzene rings is 1. The Morgan fingerprint density at radius 2 is 2.20 bits per heavy atom. The van der Waals surface area contributed by atoms with Gasteiger partial charge in [0.2, 0.25) is 10.0 Å². The molecule has 0 atom stereocenters. The first-order valence-corrected chi connectivity index (χ1v) is 5.89.